The summed E-state index contributed by atoms with van der Waals surface area (Å²) in [6.45, 7) is 2.24. The maximum atomic E-state index is 5.01. The van der Waals surface area contributed by atoms with Crippen molar-refractivity contribution >= 4 is 28.3 Å². The summed E-state index contributed by atoms with van der Waals surface area (Å²) in [7, 11) is 0. The van der Waals surface area contributed by atoms with Gasteiger partial charge in [0.2, 0.25) is 0 Å². The first-order chi connectivity index (χ1) is 9.31. The summed E-state index contributed by atoms with van der Waals surface area (Å²) in [6.07, 6.45) is 7.76. The lowest BCUT2D eigenvalue weighted by atomic mass is 10.0. The fourth-order valence-corrected chi connectivity index (χ4v) is 5.13. The number of thiophene rings is 1. The number of hydrogen-bond donors (Lipinski definition) is 1. The predicted octanol–water partition coefficient (Wildman–Crippen LogP) is 4.59. The van der Waals surface area contributed by atoms with E-state index in [4.69, 9.17) is 4.99 Å². The zero-order valence-electron chi connectivity index (χ0n) is 11.5. The lowest BCUT2D eigenvalue weighted by Crippen LogP contribution is -2.40. The number of thioether (sulfide) groups is 1. The minimum absolute atomic E-state index is 0.358. The molecular formula is C15H22N2S2. The molecule has 104 valence electrons. The number of rotatable bonds is 4. The van der Waals surface area contributed by atoms with Gasteiger partial charge in [0.25, 0.3) is 0 Å². The molecule has 1 aromatic heterocycles. The van der Waals surface area contributed by atoms with E-state index < -0.39 is 0 Å². The maximum absolute atomic E-state index is 5.01. The molecule has 2 heterocycles. The van der Waals surface area contributed by atoms with Gasteiger partial charge >= 0.3 is 0 Å². The van der Waals surface area contributed by atoms with Crippen LogP contribution in [0.15, 0.2) is 22.5 Å². The highest BCUT2D eigenvalue weighted by Crippen LogP contribution is 2.38. The second kappa shape index (κ2) is 5.88. The molecule has 19 heavy (non-hydrogen) atoms. The van der Waals surface area contributed by atoms with Gasteiger partial charge in [-0.15, -0.1) is 11.3 Å². The van der Waals surface area contributed by atoms with Crippen molar-refractivity contribution in [1.29, 1.82) is 0 Å². The molecule has 2 aliphatic rings. The molecule has 1 saturated carbocycles. The molecule has 1 atom stereocenters. The van der Waals surface area contributed by atoms with Crippen molar-refractivity contribution in [1.82, 2.24) is 5.32 Å². The lowest BCUT2D eigenvalue weighted by Gasteiger charge is -2.22. The second-order valence-electron chi connectivity index (χ2n) is 5.66. The zero-order valence-corrected chi connectivity index (χ0v) is 13.2. The largest absolute Gasteiger partial charge is 0.359 e. The number of amidine groups is 1. The Labute approximate surface area is 124 Å². The topological polar surface area (TPSA) is 24.4 Å². The van der Waals surface area contributed by atoms with Gasteiger partial charge in [0.15, 0.2) is 5.17 Å². The lowest BCUT2D eigenvalue weighted by molar-refractivity contribution is 0.451. The van der Waals surface area contributed by atoms with Crippen LogP contribution in [0.25, 0.3) is 0 Å². The molecule has 2 nitrogen and oxygen atoms in total. The average Bonchev–Trinajstić information content (AvgIpc) is 3.14. The smallest absolute Gasteiger partial charge is 0.157 e. The van der Waals surface area contributed by atoms with Crippen LogP contribution in [-0.4, -0.2) is 16.5 Å². The zero-order chi connectivity index (χ0) is 13.1. The van der Waals surface area contributed by atoms with Crippen molar-refractivity contribution in [3.63, 3.8) is 0 Å². The molecule has 1 saturated heterocycles. The minimum Gasteiger partial charge on any atom is -0.359 e. The van der Waals surface area contributed by atoms with Gasteiger partial charge in [-0.1, -0.05) is 44.0 Å². The fraction of sp³-hybridized carbons (Fsp3) is 0.667. The normalized spacial score (nSPS) is 25.0. The van der Waals surface area contributed by atoms with E-state index in [9.17, 15) is 0 Å². The Morgan fingerprint density at radius 1 is 1.42 bits per heavy atom. The Bertz CT molecular complexity index is 433. The van der Waals surface area contributed by atoms with Gasteiger partial charge in [-0.2, -0.15) is 0 Å². The van der Waals surface area contributed by atoms with E-state index >= 15 is 0 Å². The van der Waals surface area contributed by atoms with Gasteiger partial charge in [-0.05, 0) is 30.7 Å². The number of nitrogens with one attached hydrogen (secondary N) is 1. The minimum atomic E-state index is 0.358. The van der Waals surface area contributed by atoms with E-state index in [1.54, 1.807) is 0 Å². The van der Waals surface area contributed by atoms with Crippen LogP contribution in [-0.2, 0) is 0 Å². The van der Waals surface area contributed by atoms with Crippen LogP contribution >= 0.6 is 23.1 Å². The summed E-state index contributed by atoms with van der Waals surface area (Å²) in [5.74, 6) is 1.22. The monoisotopic (exact) mass is 294 g/mol. The molecule has 1 aromatic rings. The van der Waals surface area contributed by atoms with E-state index in [-0.39, 0.29) is 0 Å². The summed E-state index contributed by atoms with van der Waals surface area (Å²) in [6, 6.07) is 4.72. The molecule has 3 rings (SSSR count). The van der Waals surface area contributed by atoms with Crippen LogP contribution in [0, 0.1) is 0 Å². The highest BCUT2D eigenvalue weighted by molar-refractivity contribution is 8.14. The Morgan fingerprint density at radius 3 is 2.95 bits per heavy atom. The van der Waals surface area contributed by atoms with E-state index in [0.717, 1.165) is 6.42 Å². The molecule has 0 radical (unpaired) electrons. The molecule has 2 fully saturated rings. The molecule has 1 N–H and O–H groups in total. The molecular weight excluding hydrogens is 272 g/mol. The van der Waals surface area contributed by atoms with E-state index in [0.29, 0.717) is 11.6 Å². The third-order valence-corrected chi connectivity index (χ3v) is 6.28. The third kappa shape index (κ3) is 3.00. The molecule has 1 unspecified atom stereocenters. The van der Waals surface area contributed by atoms with Gasteiger partial charge in [-0.25, -0.2) is 0 Å². The first-order valence-electron chi connectivity index (χ1n) is 7.33. The van der Waals surface area contributed by atoms with Gasteiger partial charge in [0, 0.05) is 16.2 Å². The Balaban J connectivity index is 1.72. The van der Waals surface area contributed by atoms with E-state index in [1.807, 2.05) is 23.1 Å². The molecule has 0 aromatic carbocycles. The van der Waals surface area contributed by atoms with Crippen LogP contribution in [0.4, 0.5) is 0 Å². The maximum Gasteiger partial charge on any atom is 0.157 e. The van der Waals surface area contributed by atoms with Crippen molar-refractivity contribution < 1.29 is 0 Å². The van der Waals surface area contributed by atoms with E-state index in [2.05, 4.69) is 29.8 Å². The van der Waals surface area contributed by atoms with Crippen molar-refractivity contribution in [2.75, 3.05) is 5.75 Å². The van der Waals surface area contributed by atoms with Crippen molar-refractivity contribution in [3.8, 4) is 0 Å². The number of aliphatic imine (C=N–C) groups is 1. The summed E-state index contributed by atoms with van der Waals surface area (Å²) < 4.78 is 0. The molecule has 0 bridgehead atoms. The summed E-state index contributed by atoms with van der Waals surface area (Å²) in [4.78, 5) is 6.41. The van der Waals surface area contributed by atoms with Crippen LogP contribution in [0.1, 0.15) is 56.4 Å². The first kappa shape index (κ1) is 13.5. The highest BCUT2D eigenvalue weighted by atomic mass is 32.2. The molecule has 1 aliphatic carbocycles. The van der Waals surface area contributed by atoms with Crippen molar-refractivity contribution in [2.45, 2.75) is 57.0 Å². The molecule has 1 aliphatic heterocycles. The van der Waals surface area contributed by atoms with Crippen LogP contribution in [0.3, 0.4) is 0 Å². The predicted molar refractivity (Wildman–Crippen MR) is 86.2 cm³/mol. The molecule has 1 spiro atoms. The summed E-state index contributed by atoms with van der Waals surface area (Å²) in [5, 5.41) is 7.08. The molecule has 4 heteroatoms. The number of nitrogens with zero attached hydrogens (tertiary/aromatic N) is 1. The van der Waals surface area contributed by atoms with Gasteiger partial charge < -0.3 is 5.32 Å². The molecule has 0 amide bonds. The van der Waals surface area contributed by atoms with Crippen LogP contribution < -0.4 is 5.32 Å². The summed E-state index contributed by atoms with van der Waals surface area (Å²) in [5.41, 5.74) is 0.385. The summed E-state index contributed by atoms with van der Waals surface area (Å²) >= 11 is 3.77. The average molecular weight is 294 g/mol. The van der Waals surface area contributed by atoms with Crippen LogP contribution in [0.5, 0.6) is 0 Å². The first-order valence-corrected chi connectivity index (χ1v) is 9.20. The fourth-order valence-electron chi connectivity index (χ4n) is 3.06. The van der Waals surface area contributed by atoms with Crippen molar-refractivity contribution in [2.24, 2.45) is 4.99 Å². The standard InChI is InChI=1S/C15H22N2S2/c1-2-6-12(13-7-5-10-18-13)16-14-17-15(11-19-14)8-3-4-9-15/h5,7,10,12H,2-4,6,8-9,11H2,1H3,(H,16,17). The SMILES string of the molecule is CCCC(N=C1NC2(CCCC2)CS1)c1cccs1. The number of hydrogen-bond acceptors (Lipinski definition) is 3. The quantitative estimate of drug-likeness (QED) is 0.878. The second-order valence-corrected chi connectivity index (χ2v) is 7.60. The van der Waals surface area contributed by atoms with Crippen molar-refractivity contribution in [3.05, 3.63) is 22.4 Å². The van der Waals surface area contributed by atoms with Crippen LogP contribution in [0.2, 0.25) is 0 Å². The highest BCUT2D eigenvalue weighted by Gasteiger charge is 2.39. The Morgan fingerprint density at radius 2 is 2.26 bits per heavy atom. The van der Waals surface area contributed by atoms with Gasteiger partial charge in [-0.3, -0.25) is 4.99 Å². The Kier molecular flexibility index (Phi) is 4.18. The van der Waals surface area contributed by atoms with Gasteiger partial charge in [0.05, 0.1) is 6.04 Å². The van der Waals surface area contributed by atoms with Gasteiger partial charge in [0.1, 0.15) is 0 Å². The third-order valence-electron chi connectivity index (χ3n) is 4.12. The Hall–Kier alpha value is -0.480. The van der Waals surface area contributed by atoms with E-state index in [1.165, 1.54) is 47.9 Å².